The van der Waals surface area contributed by atoms with Gasteiger partial charge in [0, 0.05) is 29.2 Å². The van der Waals surface area contributed by atoms with Crippen LogP contribution in [0.25, 0.3) is 16.8 Å². The van der Waals surface area contributed by atoms with E-state index >= 15 is 0 Å². The summed E-state index contributed by atoms with van der Waals surface area (Å²) in [5, 5.41) is 0. The van der Waals surface area contributed by atoms with Gasteiger partial charge in [-0.1, -0.05) is 30.3 Å². The van der Waals surface area contributed by atoms with E-state index in [1.165, 1.54) is 0 Å². The summed E-state index contributed by atoms with van der Waals surface area (Å²) in [6, 6.07) is 17.8. The molecule has 0 amide bonds. The Balaban J connectivity index is 1.94. The molecule has 90 valence electrons. The van der Waals surface area contributed by atoms with E-state index in [-0.39, 0.29) is 5.78 Å². The summed E-state index contributed by atoms with van der Waals surface area (Å²) in [5.74, 6) is 0.125. The zero-order valence-corrected chi connectivity index (χ0v) is 10.2. The monoisotopic (exact) mass is 245 g/mol. The van der Waals surface area contributed by atoms with Crippen LogP contribution < -0.4 is 0 Å². The highest BCUT2D eigenvalue weighted by atomic mass is 16.1. The SMILES string of the molecule is O=C1c2ccccc2-c2ccc(-n3cccc3)cc21. The number of aromatic nitrogens is 1. The van der Waals surface area contributed by atoms with Crippen molar-refractivity contribution in [3.8, 4) is 16.8 Å². The first-order chi connectivity index (χ1) is 9.34. The van der Waals surface area contributed by atoms with E-state index in [4.69, 9.17) is 0 Å². The van der Waals surface area contributed by atoms with Crippen molar-refractivity contribution < 1.29 is 4.79 Å². The lowest BCUT2D eigenvalue weighted by Crippen LogP contribution is -1.97. The van der Waals surface area contributed by atoms with Gasteiger partial charge in [0.25, 0.3) is 0 Å². The summed E-state index contributed by atoms with van der Waals surface area (Å²) in [6.45, 7) is 0. The number of hydrogen-bond donors (Lipinski definition) is 0. The lowest BCUT2D eigenvalue weighted by atomic mass is 10.1. The van der Waals surface area contributed by atoms with Gasteiger partial charge in [0.05, 0.1) is 0 Å². The maximum absolute atomic E-state index is 12.4. The van der Waals surface area contributed by atoms with Gasteiger partial charge in [-0.2, -0.15) is 0 Å². The lowest BCUT2D eigenvalue weighted by Gasteiger charge is -2.05. The van der Waals surface area contributed by atoms with Crippen molar-refractivity contribution in [1.29, 1.82) is 0 Å². The Morgan fingerprint density at radius 3 is 2.16 bits per heavy atom. The Hall–Kier alpha value is -2.61. The average molecular weight is 245 g/mol. The molecule has 1 aromatic heterocycles. The molecule has 0 aliphatic heterocycles. The molecule has 1 aliphatic rings. The standard InChI is InChI=1S/C17H11NO/c19-17-15-6-2-1-5-13(15)14-8-7-12(11-16(14)17)18-9-3-4-10-18/h1-11H. The number of carbonyl (C=O) groups excluding carboxylic acids is 1. The Morgan fingerprint density at radius 1 is 0.684 bits per heavy atom. The topological polar surface area (TPSA) is 22.0 Å². The van der Waals surface area contributed by atoms with Crippen LogP contribution in [0, 0.1) is 0 Å². The highest BCUT2D eigenvalue weighted by molar-refractivity contribution is 6.21. The van der Waals surface area contributed by atoms with Gasteiger partial charge in [-0.05, 0) is 35.4 Å². The largest absolute Gasteiger partial charge is 0.324 e. The zero-order valence-electron chi connectivity index (χ0n) is 10.2. The van der Waals surface area contributed by atoms with Crippen molar-refractivity contribution in [2.24, 2.45) is 0 Å². The molecule has 2 nitrogen and oxygen atoms in total. The van der Waals surface area contributed by atoms with Crippen LogP contribution in [0.2, 0.25) is 0 Å². The van der Waals surface area contributed by atoms with Gasteiger partial charge in [0.2, 0.25) is 0 Å². The van der Waals surface area contributed by atoms with Crippen LogP contribution >= 0.6 is 0 Å². The molecule has 3 aromatic rings. The molecule has 0 atom stereocenters. The van der Waals surface area contributed by atoms with Crippen LogP contribution in [0.3, 0.4) is 0 Å². The molecule has 1 heterocycles. The van der Waals surface area contributed by atoms with Gasteiger partial charge in [-0.3, -0.25) is 4.79 Å². The fraction of sp³-hybridized carbons (Fsp3) is 0. The van der Waals surface area contributed by atoms with E-state index in [0.29, 0.717) is 0 Å². The van der Waals surface area contributed by atoms with Crippen LogP contribution in [0.5, 0.6) is 0 Å². The summed E-state index contributed by atoms with van der Waals surface area (Å²) < 4.78 is 2.01. The molecule has 0 saturated carbocycles. The molecule has 0 bridgehead atoms. The number of rotatable bonds is 1. The van der Waals surface area contributed by atoms with E-state index in [1.54, 1.807) is 0 Å². The van der Waals surface area contributed by atoms with E-state index in [9.17, 15) is 4.79 Å². The van der Waals surface area contributed by atoms with Gasteiger partial charge in [0.15, 0.2) is 5.78 Å². The molecule has 0 radical (unpaired) electrons. The van der Waals surface area contributed by atoms with E-state index < -0.39 is 0 Å². The quantitative estimate of drug-likeness (QED) is 0.501. The Morgan fingerprint density at radius 2 is 1.37 bits per heavy atom. The summed E-state index contributed by atoms with van der Waals surface area (Å²) in [6.07, 6.45) is 3.96. The number of carbonyl (C=O) groups is 1. The molecule has 19 heavy (non-hydrogen) atoms. The Labute approximate surface area is 110 Å². The van der Waals surface area contributed by atoms with Crippen LogP contribution in [-0.2, 0) is 0 Å². The molecule has 4 rings (SSSR count). The molecule has 0 N–H and O–H groups in total. The van der Waals surface area contributed by atoms with E-state index in [1.807, 2.05) is 71.6 Å². The molecular weight excluding hydrogens is 234 g/mol. The third-order valence-corrected chi connectivity index (χ3v) is 3.61. The summed E-state index contributed by atoms with van der Waals surface area (Å²) in [7, 11) is 0. The highest BCUT2D eigenvalue weighted by Crippen LogP contribution is 2.37. The second-order valence-corrected chi connectivity index (χ2v) is 4.69. The Kier molecular flexibility index (Phi) is 2.00. The van der Waals surface area contributed by atoms with Crippen LogP contribution in [0.1, 0.15) is 15.9 Å². The van der Waals surface area contributed by atoms with Crippen LogP contribution in [-0.4, -0.2) is 10.4 Å². The maximum Gasteiger partial charge on any atom is 0.194 e. The molecule has 0 saturated heterocycles. The first-order valence-electron chi connectivity index (χ1n) is 6.26. The number of hydrogen-bond acceptors (Lipinski definition) is 1. The van der Waals surface area contributed by atoms with Crippen molar-refractivity contribution in [2.45, 2.75) is 0 Å². The van der Waals surface area contributed by atoms with Gasteiger partial charge in [-0.15, -0.1) is 0 Å². The van der Waals surface area contributed by atoms with Crippen molar-refractivity contribution in [1.82, 2.24) is 4.57 Å². The average Bonchev–Trinajstić information content (AvgIpc) is 3.08. The molecule has 2 heteroatoms. The normalized spacial score (nSPS) is 12.3. The number of fused-ring (bicyclic) bond motifs is 3. The van der Waals surface area contributed by atoms with E-state index in [0.717, 1.165) is 27.9 Å². The van der Waals surface area contributed by atoms with Gasteiger partial charge >= 0.3 is 0 Å². The Bertz CT molecular complexity index is 785. The minimum Gasteiger partial charge on any atom is -0.324 e. The van der Waals surface area contributed by atoms with Gasteiger partial charge in [0.1, 0.15) is 0 Å². The zero-order chi connectivity index (χ0) is 12.8. The fourth-order valence-electron chi connectivity index (χ4n) is 2.68. The maximum atomic E-state index is 12.4. The molecule has 0 unspecified atom stereocenters. The second-order valence-electron chi connectivity index (χ2n) is 4.69. The predicted octanol–water partition coefficient (Wildman–Crippen LogP) is 3.69. The van der Waals surface area contributed by atoms with Crippen molar-refractivity contribution in [3.63, 3.8) is 0 Å². The minimum absolute atomic E-state index is 0.125. The van der Waals surface area contributed by atoms with Crippen molar-refractivity contribution in [3.05, 3.63) is 78.1 Å². The first kappa shape index (κ1) is 10.3. The summed E-state index contributed by atoms with van der Waals surface area (Å²) >= 11 is 0. The number of ketones is 1. The number of nitrogens with zero attached hydrogens (tertiary/aromatic N) is 1. The highest BCUT2D eigenvalue weighted by Gasteiger charge is 2.26. The molecular formula is C17H11NO. The smallest absolute Gasteiger partial charge is 0.194 e. The van der Waals surface area contributed by atoms with Crippen LogP contribution in [0.4, 0.5) is 0 Å². The fourth-order valence-corrected chi connectivity index (χ4v) is 2.68. The van der Waals surface area contributed by atoms with Crippen LogP contribution in [0.15, 0.2) is 67.0 Å². The van der Waals surface area contributed by atoms with Gasteiger partial charge in [-0.25, -0.2) is 0 Å². The molecule has 0 spiro atoms. The van der Waals surface area contributed by atoms with Crippen molar-refractivity contribution >= 4 is 5.78 Å². The third kappa shape index (κ3) is 1.40. The molecule has 0 fully saturated rings. The number of benzene rings is 2. The summed E-state index contributed by atoms with van der Waals surface area (Å²) in [5.41, 5.74) is 4.71. The third-order valence-electron chi connectivity index (χ3n) is 3.61. The predicted molar refractivity (Wildman–Crippen MR) is 74.6 cm³/mol. The second kappa shape index (κ2) is 3.69. The molecule has 1 aliphatic carbocycles. The summed E-state index contributed by atoms with van der Waals surface area (Å²) in [4.78, 5) is 12.4. The van der Waals surface area contributed by atoms with Gasteiger partial charge < -0.3 is 4.57 Å². The molecule has 2 aromatic carbocycles. The minimum atomic E-state index is 0.125. The van der Waals surface area contributed by atoms with E-state index in [2.05, 4.69) is 0 Å². The van der Waals surface area contributed by atoms with Crippen molar-refractivity contribution in [2.75, 3.05) is 0 Å². The first-order valence-corrected chi connectivity index (χ1v) is 6.26. The lowest BCUT2D eigenvalue weighted by molar-refractivity contribution is 0.104.